The van der Waals surface area contributed by atoms with Crippen LogP contribution < -0.4 is 15.0 Å². The van der Waals surface area contributed by atoms with Gasteiger partial charge in [-0.15, -0.1) is 0 Å². The van der Waals surface area contributed by atoms with Crippen molar-refractivity contribution >= 4 is 0 Å². The molecule has 6 heteroatoms. The Labute approximate surface area is 194 Å². The van der Waals surface area contributed by atoms with Crippen molar-refractivity contribution < 1.29 is 14.6 Å². The number of piperidine rings is 1. The van der Waals surface area contributed by atoms with Gasteiger partial charge in [0.25, 0.3) is 5.56 Å². The Bertz CT molecular complexity index is 1110. The van der Waals surface area contributed by atoms with Crippen LogP contribution in [0, 0.1) is 5.92 Å². The third kappa shape index (κ3) is 5.29. The molecule has 1 fully saturated rings. The SMILES string of the molecule is O=c1cccc2n1C[C@H]1C[C@@H]2CN(C[C@@H](O)COc2ccc(OCc3ccccc3)cc2)C1. The molecule has 172 valence electrons. The fourth-order valence-corrected chi connectivity index (χ4v) is 5.06. The summed E-state index contributed by atoms with van der Waals surface area (Å²) in [7, 11) is 0. The van der Waals surface area contributed by atoms with Crippen LogP contribution in [-0.4, -0.2) is 46.9 Å². The van der Waals surface area contributed by atoms with Crippen molar-refractivity contribution in [2.75, 3.05) is 26.2 Å². The second kappa shape index (κ2) is 9.81. The number of ether oxygens (including phenoxy) is 2. The van der Waals surface area contributed by atoms with E-state index in [1.165, 1.54) is 0 Å². The fourth-order valence-electron chi connectivity index (χ4n) is 5.06. The molecule has 2 aliphatic heterocycles. The lowest BCUT2D eigenvalue weighted by atomic mass is 9.83. The molecule has 1 aromatic heterocycles. The number of rotatable bonds is 8. The average molecular weight is 447 g/mol. The molecule has 0 amide bonds. The van der Waals surface area contributed by atoms with E-state index in [-0.39, 0.29) is 12.2 Å². The van der Waals surface area contributed by atoms with E-state index in [1.807, 2.05) is 65.2 Å². The number of β-amino-alcohol motifs (C(OH)–C–C–N with tert-alkyl or cyclic N) is 1. The minimum absolute atomic E-state index is 0.0977. The van der Waals surface area contributed by atoms with Crippen LogP contribution in [0.1, 0.15) is 23.6 Å². The van der Waals surface area contributed by atoms with Gasteiger partial charge >= 0.3 is 0 Å². The van der Waals surface area contributed by atoms with Crippen LogP contribution in [0.3, 0.4) is 0 Å². The van der Waals surface area contributed by atoms with Gasteiger partial charge in [-0.05, 0) is 48.2 Å². The number of likely N-dealkylation sites (tertiary alicyclic amines) is 1. The molecule has 1 N–H and O–H groups in total. The Morgan fingerprint density at radius 3 is 2.42 bits per heavy atom. The topological polar surface area (TPSA) is 63.9 Å². The zero-order chi connectivity index (χ0) is 22.6. The van der Waals surface area contributed by atoms with Crippen LogP contribution in [0.5, 0.6) is 11.5 Å². The van der Waals surface area contributed by atoms with Crippen molar-refractivity contribution in [2.24, 2.45) is 5.92 Å². The third-order valence-electron chi connectivity index (χ3n) is 6.54. The summed E-state index contributed by atoms with van der Waals surface area (Å²) < 4.78 is 13.6. The maximum Gasteiger partial charge on any atom is 0.250 e. The molecule has 2 aromatic carbocycles. The highest BCUT2D eigenvalue weighted by molar-refractivity contribution is 5.31. The third-order valence-corrected chi connectivity index (χ3v) is 6.54. The summed E-state index contributed by atoms with van der Waals surface area (Å²) in [5, 5.41) is 10.6. The maximum atomic E-state index is 12.2. The molecule has 3 aromatic rings. The van der Waals surface area contributed by atoms with Crippen molar-refractivity contribution in [3.63, 3.8) is 0 Å². The maximum absolute atomic E-state index is 12.2. The van der Waals surface area contributed by atoms with Gasteiger partial charge in [-0.25, -0.2) is 0 Å². The molecule has 5 rings (SSSR count). The fraction of sp³-hybridized carbons (Fsp3) is 0.370. The van der Waals surface area contributed by atoms with E-state index >= 15 is 0 Å². The van der Waals surface area contributed by atoms with E-state index in [2.05, 4.69) is 11.0 Å². The molecule has 3 atom stereocenters. The van der Waals surface area contributed by atoms with Crippen LogP contribution in [0.15, 0.2) is 77.6 Å². The monoisotopic (exact) mass is 446 g/mol. The first kappa shape index (κ1) is 21.7. The second-order valence-electron chi connectivity index (χ2n) is 9.13. The lowest BCUT2D eigenvalue weighted by Crippen LogP contribution is -2.49. The predicted octanol–water partition coefficient (Wildman–Crippen LogP) is 3.29. The van der Waals surface area contributed by atoms with Crippen LogP contribution in [0.25, 0.3) is 0 Å². The van der Waals surface area contributed by atoms with Crippen LogP contribution in [-0.2, 0) is 13.2 Å². The summed E-state index contributed by atoms with van der Waals surface area (Å²) in [4.78, 5) is 14.5. The van der Waals surface area contributed by atoms with Gasteiger partial charge in [0, 0.05) is 43.9 Å². The van der Waals surface area contributed by atoms with Crippen LogP contribution in [0.4, 0.5) is 0 Å². The van der Waals surface area contributed by atoms with E-state index in [9.17, 15) is 9.90 Å². The summed E-state index contributed by atoms with van der Waals surface area (Å²) >= 11 is 0. The molecule has 6 nitrogen and oxygen atoms in total. The normalized spacial score (nSPS) is 20.6. The van der Waals surface area contributed by atoms with Crippen LogP contribution >= 0.6 is 0 Å². The number of hydrogen-bond acceptors (Lipinski definition) is 5. The first-order chi connectivity index (χ1) is 16.1. The minimum Gasteiger partial charge on any atom is -0.491 e. The summed E-state index contributed by atoms with van der Waals surface area (Å²) in [6, 6.07) is 23.1. The van der Waals surface area contributed by atoms with Crippen LogP contribution in [0.2, 0.25) is 0 Å². The summed E-state index contributed by atoms with van der Waals surface area (Å²) in [5.41, 5.74) is 2.35. The van der Waals surface area contributed by atoms with Crippen molar-refractivity contribution in [2.45, 2.75) is 31.6 Å². The molecule has 0 unspecified atom stereocenters. The summed E-state index contributed by atoms with van der Waals surface area (Å²) in [6.45, 7) is 3.88. The number of benzene rings is 2. The molecule has 0 radical (unpaired) electrons. The largest absolute Gasteiger partial charge is 0.491 e. The Kier molecular flexibility index (Phi) is 6.46. The molecule has 0 aliphatic carbocycles. The summed E-state index contributed by atoms with van der Waals surface area (Å²) in [6.07, 6.45) is 0.543. The van der Waals surface area contributed by atoms with Crippen molar-refractivity contribution in [3.8, 4) is 11.5 Å². The molecule has 0 saturated carbocycles. The van der Waals surface area contributed by atoms with E-state index in [0.717, 1.165) is 43.1 Å². The van der Waals surface area contributed by atoms with E-state index in [4.69, 9.17) is 9.47 Å². The van der Waals surface area contributed by atoms with Crippen molar-refractivity contribution in [3.05, 3.63) is 94.4 Å². The molecule has 0 spiro atoms. The lowest BCUT2D eigenvalue weighted by molar-refractivity contribution is 0.0384. The highest BCUT2D eigenvalue weighted by atomic mass is 16.5. The average Bonchev–Trinajstić information content (AvgIpc) is 2.83. The first-order valence-corrected chi connectivity index (χ1v) is 11.6. The number of aliphatic hydroxyl groups excluding tert-OH is 1. The van der Waals surface area contributed by atoms with Gasteiger partial charge in [0.05, 0.1) is 0 Å². The molecule has 3 heterocycles. The lowest BCUT2D eigenvalue weighted by Gasteiger charge is -2.43. The highest BCUT2D eigenvalue weighted by Gasteiger charge is 2.34. The number of fused-ring (bicyclic) bond motifs is 4. The number of pyridine rings is 1. The molecule has 33 heavy (non-hydrogen) atoms. The molecule has 2 bridgehead atoms. The Morgan fingerprint density at radius 2 is 1.64 bits per heavy atom. The Morgan fingerprint density at radius 1 is 0.879 bits per heavy atom. The van der Waals surface area contributed by atoms with Gasteiger partial charge in [-0.1, -0.05) is 36.4 Å². The standard InChI is InChI=1S/C27H30N2O4/c30-23(17-28-14-21-13-22(16-28)26-7-4-8-27(31)29(26)15-21)19-33-25-11-9-24(10-12-25)32-18-20-5-2-1-3-6-20/h1-12,21-23,30H,13-19H2/t21-,22+,23+/m0/s1. The molecular formula is C27H30N2O4. The quantitative estimate of drug-likeness (QED) is 0.575. The van der Waals surface area contributed by atoms with Gasteiger partial charge in [-0.3, -0.25) is 9.69 Å². The zero-order valence-corrected chi connectivity index (χ0v) is 18.7. The number of aromatic nitrogens is 1. The zero-order valence-electron chi connectivity index (χ0n) is 18.7. The molecular weight excluding hydrogens is 416 g/mol. The number of aliphatic hydroxyl groups is 1. The minimum atomic E-state index is -0.573. The summed E-state index contributed by atoms with van der Waals surface area (Å²) in [5.74, 6) is 2.30. The van der Waals surface area contributed by atoms with Gasteiger partial charge < -0.3 is 19.1 Å². The van der Waals surface area contributed by atoms with Crippen molar-refractivity contribution in [1.29, 1.82) is 0 Å². The van der Waals surface area contributed by atoms with E-state index in [1.54, 1.807) is 6.07 Å². The second-order valence-corrected chi connectivity index (χ2v) is 9.13. The van der Waals surface area contributed by atoms with E-state index in [0.29, 0.717) is 30.7 Å². The Hall–Kier alpha value is -3.09. The van der Waals surface area contributed by atoms with Gasteiger partial charge in [-0.2, -0.15) is 0 Å². The van der Waals surface area contributed by atoms with Gasteiger partial charge in [0.1, 0.15) is 30.8 Å². The number of hydrogen-bond donors (Lipinski definition) is 1. The molecule has 2 aliphatic rings. The highest BCUT2D eigenvalue weighted by Crippen LogP contribution is 2.34. The first-order valence-electron chi connectivity index (χ1n) is 11.6. The molecule has 1 saturated heterocycles. The smallest absolute Gasteiger partial charge is 0.250 e. The Balaban J connectivity index is 1.09. The van der Waals surface area contributed by atoms with Gasteiger partial charge in [0.15, 0.2) is 0 Å². The van der Waals surface area contributed by atoms with Crippen molar-refractivity contribution in [1.82, 2.24) is 9.47 Å². The predicted molar refractivity (Wildman–Crippen MR) is 127 cm³/mol. The van der Waals surface area contributed by atoms with E-state index < -0.39 is 6.10 Å². The van der Waals surface area contributed by atoms with Gasteiger partial charge in [0.2, 0.25) is 0 Å². The number of nitrogens with zero attached hydrogens (tertiary/aromatic N) is 2.